The first-order chi connectivity index (χ1) is 15.5. The summed E-state index contributed by atoms with van der Waals surface area (Å²) >= 11 is 3.59. The van der Waals surface area contributed by atoms with Crippen LogP contribution in [0.3, 0.4) is 0 Å². The third kappa shape index (κ3) is 4.61. The van der Waals surface area contributed by atoms with Gasteiger partial charge in [-0.3, -0.25) is 5.32 Å². The van der Waals surface area contributed by atoms with E-state index in [9.17, 15) is 5.11 Å². The van der Waals surface area contributed by atoms with Crippen LogP contribution in [0.15, 0.2) is 71.2 Å². The summed E-state index contributed by atoms with van der Waals surface area (Å²) in [5.74, 6) is 1.42. The average molecular weight is 495 g/mol. The minimum absolute atomic E-state index is 0.155. The van der Waals surface area contributed by atoms with Crippen molar-refractivity contribution < 1.29 is 14.6 Å². The Labute approximate surface area is 197 Å². The van der Waals surface area contributed by atoms with E-state index in [4.69, 9.17) is 9.47 Å². The molecule has 0 saturated heterocycles. The van der Waals surface area contributed by atoms with Crippen molar-refractivity contribution in [2.75, 3.05) is 13.7 Å². The van der Waals surface area contributed by atoms with Crippen LogP contribution in [-0.2, 0) is 0 Å². The number of para-hydroxylation sites is 1. The van der Waals surface area contributed by atoms with Gasteiger partial charge in [0.2, 0.25) is 0 Å². The molecule has 0 saturated carbocycles. The third-order valence-electron chi connectivity index (χ3n) is 5.52. The molecule has 5 nitrogen and oxygen atoms in total. The monoisotopic (exact) mass is 494 g/mol. The number of hydrogen-bond donors (Lipinski definition) is 3. The number of aryl methyl sites for hydroxylation is 1. The number of ether oxygens (including phenoxy) is 2. The molecule has 3 aromatic carbocycles. The lowest BCUT2D eigenvalue weighted by Gasteiger charge is -2.33. The zero-order chi connectivity index (χ0) is 22.7. The SMILES string of the molecule is CCOc1cccc(C2C=C(c3ccc(C)cc3)NC(c3ccc(OC)c(Br)c3)N2)c1O. The molecule has 166 valence electrons. The largest absolute Gasteiger partial charge is 0.504 e. The molecule has 6 heteroatoms. The molecule has 2 unspecified atom stereocenters. The molecule has 1 aliphatic rings. The van der Waals surface area contributed by atoms with Crippen LogP contribution < -0.4 is 20.1 Å². The van der Waals surface area contributed by atoms with Crippen molar-refractivity contribution >= 4 is 21.6 Å². The van der Waals surface area contributed by atoms with Gasteiger partial charge < -0.3 is 19.9 Å². The summed E-state index contributed by atoms with van der Waals surface area (Å²) in [5.41, 5.74) is 5.09. The molecule has 32 heavy (non-hydrogen) atoms. The Morgan fingerprint density at radius 3 is 2.50 bits per heavy atom. The second-order valence-electron chi connectivity index (χ2n) is 7.69. The number of nitrogens with one attached hydrogen (secondary N) is 2. The van der Waals surface area contributed by atoms with Gasteiger partial charge in [-0.05, 0) is 65.2 Å². The molecule has 3 aromatic rings. The minimum Gasteiger partial charge on any atom is -0.504 e. The van der Waals surface area contributed by atoms with Gasteiger partial charge in [-0.15, -0.1) is 0 Å². The van der Waals surface area contributed by atoms with Gasteiger partial charge in [0.25, 0.3) is 0 Å². The molecule has 1 heterocycles. The van der Waals surface area contributed by atoms with Gasteiger partial charge in [0.05, 0.1) is 24.2 Å². The minimum atomic E-state index is -0.223. The topological polar surface area (TPSA) is 62.8 Å². The number of methoxy groups -OCH3 is 1. The predicted octanol–water partition coefficient (Wildman–Crippen LogP) is 5.84. The molecule has 0 radical (unpaired) electrons. The lowest BCUT2D eigenvalue weighted by molar-refractivity contribution is 0.314. The third-order valence-corrected chi connectivity index (χ3v) is 6.14. The lowest BCUT2D eigenvalue weighted by Crippen LogP contribution is -2.39. The molecule has 4 rings (SSSR count). The number of aromatic hydroxyl groups is 1. The predicted molar refractivity (Wildman–Crippen MR) is 131 cm³/mol. The Hall–Kier alpha value is -2.96. The Balaban J connectivity index is 1.76. The number of benzene rings is 3. The maximum absolute atomic E-state index is 10.9. The Morgan fingerprint density at radius 2 is 1.81 bits per heavy atom. The quantitative estimate of drug-likeness (QED) is 0.401. The maximum Gasteiger partial charge on any atom is 0.162 e. The van der Waals surface area contributed by atoms with E-state index in [0.717, 1.165) is 32.6 Å². The highest BCUT2D eigenvalue weighted by molar-refractivity contribution is 9.10. The van der Waals surface area contributed by atoms with Gasteiger partial charge >= 0.3 is 0 Å². The van der Waals surface area contributed by atoms with Crippen LogP contribution in [0.25, 0.3) is 5.70 Å². The summed E-state index contributed by atoms with van der Waals surface area (Å²) < 4.78 is 11.9. The van der Waals surface area contributed by atoms with Crippen molar-refractivity contribution in [2.45, 2.75) is 26.1 Å². The molecular formula is C26H27BrN2O3. The van der Waals surface area contributed by atoms with Crippen LogP contribution in [0.4, 0.5) is 0 Å². The first-order valence-corrected chi connectivity index (χ1v) is 11.4. The summed E-state index contributed by atoms with van der Waals surface area (Å²) in [6, 6.07) is 19.8. The molecule has 0 spiro atoms. The standard InChI is InChI=1S/C26H27BrN2O3/c1-4-32-24-7-5-6-19(25(24)30)22-15-21(17-10-8-16(2)9-11-17)28-26(29-22)18-12-13-23(31-3)20(27)14-18/h5-15,22,26,28-30H,4H2,1-3H3. The second-order valence-corrected chi connectivity index (χ2v) is 8.54. The van der Waals surface area contributed by atoms with E-state index in [1.54, 1.807) is 13.2 Å². The van der Waals surface area contributed by atoms with E-state index in [2.05, 4.69) is 63.8 Å². The van der Waals surface area contributed by atoms with Gasteiger partial charge in [-0.2, -0.15) is 0 Å². The van der Waals surface area contributed by atoms with E-state index in [-0.39, 0.29) is 18.0 Å². The van der Waals surface area contributed by atoms with Crippen LogP contribution in [0.2, 0.25) is 0 Å². The van der Waals surface area contributed by atoms with Gasteiger partial charge in [0.1, 0.15) is 11.9 Å². The van der Waals surface area contributed by atoms with Gasteiger partial charge in [-0.1, -0.05) is 48.0 Å². The molecule has 0 fully saturated rings. The lowest BCUT2D eigenvalue weighted by atomic mass is 9.97. The second kappa shape index (κ2) is 9.67. The van der Waals surface area contributed by atoms with Crippen LogP contribution in [0, 0.1) is 6.92 Å². The number of phenols is 1. The molecule has 0 amide bonds. The summed E-state index contributed by atoms with van der Waals surface area (Å²) in [7, 11) is 1.65. The molecule has 0 aliphatic carbocycles. The fraction of sp³-hybridized carbons (Fsp3) is 0.231. The van der Waals surface area contributed by atoms with Crippen LogP contribution in [-0.4, -0.2) is 18.8 Å². The van der Waals surface area contributed by atoms with Crippen molar-refractivity contribution in [3.8, 4) is 17.2 Å². The maximum atomic E-state index is 10.9. The Kier molecular flexibility index (Phi) is 6.72. The van der Waals surface area contributed by atoms with E-state index < -0.39 is 0 Å². The summed E-state index contributed by atoms with van der Waals surface area (Å²) in [6.45, 7) is 4.47. The van der Waals surface area contributed by atoms with Gasteiger partial charge in [-0.25, -0.2) is 0 Å². The number of halogens is 1. The van der Waals surface area contributed by atoms with Crippen molar-refractivity contribution in [3.63, 3.8) is 0 Å². The van der Waals surface area contributed by atoms with Crippen molar-refractivity contribution in [2.24, 2.45) is 0 Å². The number of hydrogen-bond acceptors (Lipinski definition) is 5. The van der Waals surface area contributed by atoms with Crippen molar-refractivity contribution in [3.05, 3.63) is 93.5 Å². The van der Waals surface area contributed by atoms with Crippen LogP contribution >= 0.6 is 15.9 Å². The highest BCUT2D eigenvalue weighted by Gasteiger charge is 2.27. The molecule has 3 N–H and O–H groups in total. The van der Waals surface area contributed by atoms with Crippen molar-refractivity contribution in [1.29, 1.82) is 0 Å². The first-order valence-electron chi connectivity index (χ1n) is 10.6. The van der Waals surface area contributed by atoms with E-state index >= 15 is 0 Å². The Morgan fingerprint density at radius 1 is 1.03 bits per heavy atom. The van der Waals surface area contributed by atoms with E-state index in [1.165, 1.54) is 5.56 Å². The number of phenolic OH excluding ortho intramolecular Hbond substituents is 1. The van der Waals surface area contributed by atoms with Crippen LogP contribution in [0.5, 0.6) is 17.2 Å². The zero-order valence-corrected chi connectivity index (χ0v) is 19.9. The number of rotatable bonds is 6. The highest BCUT2D eigenvalue weighted by Crippen LogP contribution is 2.38. The first kappa shape index (κ1) is 22.2. The fourth-order valence-corrected chi connectivity index (χ4v) is 4.39. The van der Waals surface area contributed by atoms with Gasteiger partial charge in [0.15, 0.2) is 11.5 Å². The van der Waals surface area contributed by atoms with Crippen LogP contribution in [0.1, 0.15) is 41.4 Å². The smallest absolute Gasteiger partial charge is 0.162 e. The molecule has 1 aliphatic heterocycles. The normalized spacial score (nSPS) is 17.9. The van der Waals surface area contributed by atoms with Crippen molar-refractivity contribution in [1.82, 2.24) is 10.6 Å². The fourth-order valence-electron chi connectivity index (χ4n) is 3.84. The molecule has 0 bridgehead atoms. The van der Waals surface area contributed by atoms with E-state index in [0.29, 0.717) is 12.4 Å². The van der Waals surface area contributed by atoms with Gasteiger partial charge in [0, 0.05) is 11.3 Å². The van der Waals surface area contributed by atoms with E-state index in [1.807, 2.05) is 37.3 Å². The molecule has 2 atom stereocenters. The molecule has 0 aromatic heterocycles. The Bertz CT molecular complexity index is 1130. The summed E-state index contributed by atoms with van der Waals surface area (Å²) in [4.78, 5) is 0. The summed E-state index contributed by atoms with van der Waals surface area (Å²) in [6.07, 6.45) is 1.92. The summed E-state index contributed by atoms with van der Waals surface area (Å²) in [5, 5.41) is 18.1. The highest BCUT2D eigenvalue weighted by atomic mass is 79.9. The zero-order valence-electron chi connectivity index (χ0n) is 18.4. The average Bonchev–Trinajstić information content (AvgIpc) is 2.80. The molecular weight excluding hydrogens is 468 g/mol.